The van der Waals surface area contributed by atoms with Crippen LogP contribution in [0, 0.1) is 28.6 Å². The monoisotopic (exact) mass is 765 g/mol. The van der Waals surface area contributed by atoms with E-state index in [1.165, 1.54) is 0 Å². The van der Waals surface area contributed by atoms with Gasteiger partial charge in [-0.05, 0) is 79.8 Å². The third-order valence-corrected chi connectivity index (χ3v) is 12.8. The Bertz CT molecular complexity index is 2370. The number of amides is 2. The summed E-state index contributed by atoms with van der Waals surface area (Å²) in [6.45, 7) is 11.7. The largest absolute Gasteiger partial charge is 0.383 e. The van der Waals surface area contributed by atoms with Gasteiger partial charge in [0.05, 0.1) is 28.8 Å². The Balaban J connectivity index is 0.841. The molecule has 2 atom stereocenters. The van der Waals surface area contributed by atoms with Gasteiger partial charge in [-0.2, -0.15) is 5.26 Å². The number of nitrogens with zero attached hydrogens (tertiary/aromatic N) is 5. The van der Waals surface area contributed by atoms with E-state index < -0.39 is 11.5 Å². The number of carbonyl (C=O) groups excluding carboxylic acids is 3. The number of benzene rings is 2. The molecule has 294 valence electrons. The molecule has 0 unspecified atom stereocenters. The van der Waals surface area contributed by atoms with Crippen molar-refractivity contribution in [2.24, 2.45) is 11.1 Å². The number of rotatable bonds is 9. The van der Waals surface area contributed by atoms with Crippen LogP contribution in [0.1, 0.15) is 96.7 Å². The fourth-order valence-electron chi connectivity index (χ4n) is 9.22. The average molecular weight is 766 g/mol. The maximum atomic E-state index is 14.1. The van der Waals surface area contributed by atoms with E-state index in [1.54, 1.807) is 24.4 Å². The lowest BCUT2D eigenvalue weighted by Gasteiger charge is -2.39. The molecule has 57 heavy (non-hydrogen) atoms. The summed E-state index contributed by atoms with van der Waals surface area (Å²) in [6.07, 6.45) is 6.05. The van der Waals surface area contributed by atoms with Crippen LogP contribution in [0.2, 0.25) is 0 Å². The number of hydrogen-bond donors (Lipinski definition) is 4. The van der Waals surface area contributed by atoms with Gasteiger partial charge in [-0.1, -0.05) is 38.7 Å². The number of hydrogen-bond acceptors (Lipinski definition) is 9. The fourth-order valence-corrected chi connectivity index (χ4v) is 9.22. The lowest BCUT2D eigenvalue weighted by molar-refractivity contribution is -0.131. The van der Waals surface area contributed by atoms with Crippen molar-refractivity contribution < 1.29 is 14.4 Å². The highest BCUT2D eigenvalue weighted by Gasteiger charge is 2.55. The number of piperazine rings is 1. The summed E-state index contributed by atoms with van der Waals surface area (Å²) < 4.78 is 0. The standard InChI is InChI=1S/C45H51N9O3/c1-4-29-23-32-33(44(2,3)41-39(40(32)56)31-13-12-28(25-46)22-35(31)50-41)24-36(29)53-18-20-54(21-19-53)38(55)11-7-17-52-26-37(45(27-52)14-15-45)51-43(57)34(47)10-5-8-30-9-6-16-49-42(30)48/h6,9,12-13,16,22-24,34,37,50H,4,7,10-11,14-15,17-21,26-27,47H2,1-3H3,(H2,48,49)(H,51,57)/t34-,37-/m0/s1. The van der Waals surface area contributed by atoms with Gasteiger partial charge in [0, 0.05) is 103 Å². The van der Waals surface area contributed by atoms with Crippen molar-refractivity contribution in [1.82, 2.24) is 25.1 Å². The first-order valence-corrected chi connectivity index (χ1v) is 20.2. The summed E-state index contributed by atoms with van der Waals surface area (Å²) in [5.41, 5.74) is 19.3. The number of anilines is 2. The molecule has 3 fully saturated rings. The van der Waals surface area contributed by atoms with Crippen LogP contribution in [-0.2, 0) is 21.4 Å². The molecule has 6 N–H and O–H groups in total. The maximum absolute atomic E-state index is 14.1. The number of likely N-dealkylation sites (tertiary alicyclic amines) is 1. The van der Waals surface area contributed by atoms with Crippen molar-refractivity contribution in [2.75, 3.05) is 56.4 Å². The molecule has 2 amide bonds. The van der Waals surface area contributed by atoms with Gasteiger partial charge >= 0.3 is 0 Å². The molecule has 2 aliphatic carbocycles. The summed E-state index contributed by atoms with van der Waals surface area (Å²) in [5.74, 6) is 6.31. The number of nitriles is 1. The molecule has 12 heteroatoms. The Morgan fingerprint density at radius 3 is 2.63 bits per heavy atom. The van der Waals surface area contributed by atoms with Gasteiger partial charge in [0.1, 0.15) is 5.82 Å². The van der Waals surface area contributed by atoms with Crippen molar-refractivity contribution in [2.45, 2.75) is 76.8 Å². The average Bonchev–Trinajstić information content (AvgIpc) is 3.77. The van der Waals surface area contributed by atoms with E-state index in [0.717, 1.165) is 97.4 Å². The molecular weight excluding hydrogens is 715 g/mol. The van der Waals surface area contributed by atoms with Gasteiger partial charge in [-0.3, -0.25) is 14.4 Å². The number of nitrogen functional groups attached to an aromatic ring is 1. The minimum atomic E-state index is -0.732. The maximum Gasteiger partial charge on any atom is 0.238 e. The normalized spacial score (nSPS) is 19.7. The van der Waals surface area contributed by atoms with E-state index in [-0.39, 0.29) is 35.5 Å². The Labute approximate surface area is 334 Å². The molecule has 1 saturated carbocycles. The summed E-state index contributed by atoms with van der Waals surface area (Å²) in [7, 11) is 0. The third-order valence-electron chi connectivity index (χ3n) is 12.8. The predicted octanol–water partition coefficient (Wildman–Crippen LogP) is 4.23. The number of H-pyrrole nitrogens is 1. The molecule has 2 saturated heterocycles. The number of carbonyl (C=O) groups is 3. The van der Waals surface area contributed by atoms with Crippen LogP contribution in [0.3, 0.4) is 0 Å². The van der Waals surface area contributed by atoms with Crippen LogP contribution in [0.15, 0.2) is 48.7 Å². The zero-order chi connectivity index (χ0) is 40.1. The number of pyridine rings is 1. The lowest BCUT2D eigenvalue weighted by atomic mass is 9.70. The Morgan fingerprint density at radius 1 is 1.12 bits per heavy atom. The predicted molar refractivity (Wildman–Crippen MR) is 221 cm³/mol. The van der Waals surface area contributed by atoms with Crippen LogP contribution in [0.4, 0.5) is 11.5 Å². The number of fused-ring (bicyclic) bond motifs is 4. The van der Waals surface area contributed by atoms with Crippen molar-refractivity contribution in [3.63, 3.8) is 0 Å². The summed E-state index contributed by atoms with van der Waals surface area (Å²) in [4.78, 5) is 54.8. The first-order chi connectivity index (χ1) is 27.4. The van der Waals surface area contributed by atoms with E-state index in [4.69, 9.17) is 11.5 Å². The molecule has 12 nitrogen and oxygen atoms in total. The van der Waals surface area contributed by atoms with E-state index in [9.17, 15) is 19.6 Å². The summed E-state index contributed by atoms with van der Waals surface area (Å²) in [5, 5.41) is 13.5. The van der Waals surface area contributed by atoms with Crippen LogP contribution in [0.25, 0.3) is 10.9 Å². The minimum absolute atomic E-state index is 0.0167. The molecule has 0 radical (unpaired) electrons. The molecule has 4 aromatic rings. The van der Waals surface area contributed by atoms with E-state index in [1.807, 2.05) is 17.0 Å². The van der Waals surface area contributed by atoms with Crippen molar-refractivity contribution in [3.8, 4) is 17.9 Å². The number of aromatic amines is 1. The van der Waals surface area contributed by atoms with Crippen molar-refractivity contribution >= 4 is 40.0 Å². The molecule has 2 aromatic heterocycles. The Morgan fingerprint density at radius 2 is 1.91 bits per heavy atom. The SMILES string of the molecule is CCc1cc2c(cc1N1CCN(C(=O)CCCN3C[C@H](NC(=O)[C@@H](N)CC#Cc4cccnc4N)C4(CC4)C3)CC1)C(C)(C)c1[nH]c3cc(C#N)ccc3c1C2=O. The second kappa shape index (κ2) is 15.0. The lowest BCUT2D eigenvalue weighted by Crippen LogP contribution is -2.49. The highest BCUT2D eigenvalue weighted by Crippen LogP contribution is 2.53. The first-order valence-electron chi connectivity index (χ1n) is 20.2. The highest BCUT2D eigenvalue weighted by atomic mass is 16.2. The van der Waals surface area contributed by atoms with E-state index in [0.29, 0.717) is 42.0 Å². The third kappa shape index (κ3) is 7.13. The fraction of sp³-hybridized carbons (Fsp3) is 0.444. The van der Waals surface area contributed by atoms with E-state index >= 15 is 0 Å². The zero-order valence-electron chi connectivity index (χ0n) is 33.1. The molecule has 1 spiro atoms. The number of ketones is 1. The second-order valence-corrected chi connectivity index (χ2v) is 16.8. The van der Waals surface area contributed by atoms with Gasteiger partial charge in [0.15, 0.2) is 5.78 Å². The molecule has 2 aliphatic heterocycles. The van der Waals surface area contributed by atoms with Gasteiger partial charge < -0.3 is 36.5 Å². The van der Waals surface area contributed by atoms with Gasteiger partial charge in [-0.15, -0.1) is 0 Å². The Kier molecular flexibility index (Phi) is 10.1. The van der Waals surface area contributed by atoms with Crippen LogP contribution in [-0.4, -0.2) is 95.3 Å². The van der Waals surface area contributed by atoms with E-state index in [2.05, 4.69) is 75.9 Å². The van der Waals surface area contributed by atoms with Crippen molar-refractivity contribution in [1.29, 1.82) is 5.26 Å². The molecular formula is C45H51N9O3. The summed E-state index contributed by atoms with van der Waals surface area (Å²) >= 11 is 0. The number of nitrogens with two attached hydrogens (primary N) is 2. The molecule has 4 aliphatic rings. The quantitative estimate of drug-likeness (QED) is 0.182. The number of aromatic nitrogens is 2. The van der Waals surface area contributed by atoms with Gasteiger partial charge in [-0.25, -0.2) is 4.98 Å². The molecule has 4 heterocycles. The highest BCUT2D eigenvalue weighted by molar-refractivity contribution is 6.20. The molecule has 0 bridgehead atoms. The van der Waals surface area contributed by atoms with Crippen LogP contribution in [0.5, 0.6) is 0 Å². The minimum Gasteiger partial charge on any atom is -0.383 e. The molecule has 8 rings (SSSR count). The van der Waals surface area contributed by atoms with Crippen molar-refractivity contribution in [3.05, 3.63) is 87.7 Å². The zero-order valence-corrected chi connectivity index (χ0v) is 33.1. The van der Waals surface area contributed by atoms with Gasteiger partial charge in [0.25, 0.3) is 0 Å². The number of nitrogens with one attached hydrogen (secondary N) is 2. The first kappa shape index (κ1) is 38.2. The molecule has 2 aromatic carbocycles. The van der Waals surface area contributed by atoms with Crippen LogP contribution < -0.4 is 21.7 Å². The topological polar surface area (TPSA) is 177 Å². The smallest absolute Gasteiger partial charge is 0.238 e. The summed E-state index contributed by atoms with van der Waals surface area (Å²) in [6, 6.07) is 14.8. The Hall–Kier alpha value is -5.69. The second-order valence-electron chi connectivity index (χ2n) is 16.8. The van der Waals surface area contributed by atoms with Gasteiger partial charge in [0.2, 0.25) is 11.8 Å². The number of aryl methyl sites for hydroxylation is 1. The van der Waals surface area contributed by atoms with Crippen LogP contribution >= 0.6 is 0 Å².